The summed E-state index contributed by atoms with van der Waals surface area (Å²) >= 11 is 6.02. The van der Waals surface area contributed by atoms with Gasteiger partial charge in [0.05, 0.1) is 23.7 Å². The van der Waals surface area contributed by atoms with Crippen molar-refractivity contribution in [3.05, 3.63) is 22.7 Å². The molecule has 0 saturated carbocycles. The Bertz CT molecular complexity index is 546. The molecule has 108 valence electrons. The first-order chi connectivity index (χ1) is 9.51. The van der Waals surface area contributed by atoms with Gasteiger partial charge in [-0.05, 0) is 18.6 Å². The Morgan fingerprint density at radius 1 is 1.55 bits per heavy atom. The van der Waals surface area contributed by atoms with Gasteiger partial charge in [0.2, 0.25) is 5.91 Å². The Labute approximate surface area is 120 Å². The normalized spacial score (nSPS) is 17.7. The van der Waals surface area contributed by atoms with Crippen molar-refractivity contribution in [3.63, 3.8) is 0 Å². The van der Waals surface area contributed by atoms with Crippen LogP contribution in [0.25, 0.3) is 0 Å². The van der Waals surface area contributed by atoms with Crippen molar-refractivity contribution in [3.8, 4) is 11.5 Å². The third kappa shape index (κ3) is 3.14. The van der Waals surface area contributed by atoms with Gasteiger partial charge in [-0.1, -0.05) is 11.6 Å². The number of hydrogen-bond donors (Lipinski definition) is 2. The Hall–Kier alpha value is -1.95. The minimum atomic E-state index is -1.10. The highest BCUT2D eigenvalue weighted by atomic mass is 35.5. The Morgan fingerprint density at radius 3 is 2.85 bits per heavy atom. The topological polar surface area (TPSA) is 84.9 Å². The quantitative estimate of drug-likeness (QED) is 0.864. The van der Waals surface area contributed by atoms with E-state index in [0.29, 0.717) is 12.8 Å². The minimum Gasteiger partial charge on any atom is -0.493 e. The van der Waals surface area contributed by atoms with Crippen LogP contribution >= 0.6 is 11.6 Å². The van der Waals surface area contributed by atoms with Crippen LogP contribution in [0.3, 0.4) is 0 Å². The van der Waals surface area contributed by atoms with E-state index in [1.807, 2.05) is 0 Å². The van der Waals surface area contributed by atoms with E-state index in [9.17, 15) is 9.59 Å². The molecular weight excluding hydrogens is 286 g/mol. The van der Waals surface area contributed by atoms with Crippen molar-refractivity contribution in [1.82, 2.24) is 5.32 Å². The highest BCUT2D eigenvalue weighted by Gasteiger charge is 2.23. The summed E-state index contributed by atoms with van der Waals surface area (Å²) in [5, 5.41) is 11.9. The number of hydrogen-bond acceptors (Lipinski definition) is 4. The number of methoxy groups -OCH3 is 1. The van der Waals surface area contributed by atoms with Crippen molar-refractivity contribution in [1.29, 1.82) is 0 Å². The standard InChI is InChI=1S/C13H14ClNO5/c1-19-10-5-7(13(17)18)4-9(14)12(10)20-6-8-2-3-11(16)15-8/h4-5,8H,2-3,6H2,1H3,(H,15,16)(H,17,18). The van der Waals surface area contributed by atoms with E-state index in [-0.39, 0.29) is 40.6 Å². The number of carbonyl (C=O) groups excluding carboxylic acids is 1. The van der Waals surface area contributed by atoms with Gasteiger partial charge in [0, 0.05) is 6.42 Å². The number of benzene rings is 1. The van der Waals surface area contributed by atoms with E-state index in [1.165, 1.54) is 19.2 Å². The molecule has 1 unspecified atom stereocenters. The molecule has 1 aliphatic rings. The molecule has 2 rings (SSSR count). The van der Waals surface area contributed by atoms with Gasteiger partial charge < -0.3 is 19.9 Å². The first-order valence-corrected chi connectivity index (χ1v) is 6.42. The van der Waals surface area contributed by atoms with E-state index < -0.39 is 5.97 Å². The molecule has 20 heavy (non-hydrogen) atoms. The molecule has 1 aromatic carbocycles. The predicted molar refractivity (Wildman–Crippen MR) is 71.6 cm³/mol. The van der Waals surface area contributed by atoms with Crippen molar-refractivity contribution < 1.29 is 24.2 Å². The minimum absolute atomic E-state index is 0.00196. The van der Waals surface area contributed by atoms with Crippen molar-refractivity contribution >= 4 is 23.5 Å². The monoisotopic (exact) mass is 299 g/mol. The number of aromatic carboxylic acids is 1. The summed E-state index contributed by atoms with van der Waals surface area (Å²) in [6, 6.07) is 2.58. The van der Waals surface area contributed by atoms with E-state index in [4.69, 9.17) is 26.2 Å². The molecule has 2 N–H and O–H groups in total. The Balaban J connectivity index is 2.14. The average molecular weight is 300 g/mol. The molecule has 1 aromatic rings. The van der Waals surface area contributed by atoms with Gasteiger partial charge in [0.15, 0.2) is 11.5 Å². The lowest BCUT2D eigenvalue weighted by atomic mass is 10.2. The van der Waals surface area contributed by atoms with Gasteiger partial charge in [0.25, 0.3) is 0 Å². The largest absolute Gasteiger partial charge is 0.493 e. The molecular formula is C13H14ClNO5. The van der Waals surface area contributed by atoms with Crippen molar-refractivity contribution in [2.75, 3.05) is 13.7 Å². The predicted octanol–water partition coefficient (Wildman–Crippen LogP) is 1.70. The van der Waals surface area contributed by atoms with Crippen LogP contribution in [0.1, 0.15) is 23.2 Å². The van der Waals surface area contributed by atoms with Crippen LogP contribution in [0.2, 0.25) is 5.02 Å². The fourth-order valence-electron chi connectivity index (χ4n) is 1.97. The summed E-state index contributed by atoms with van der Waals surface area (Å²) in [5.41, 5.74) is 0.0216. The molecule has 6 nitrogen and oxygen atoms in total. The maximum atomic E-state index is 11.1. The van der Waals surface area contributed by atoms with Crippen LogP contribution in [-0.2, 0) is 4.79 Å². The fourth-order valence-corrected chi connectivity index (χ4v) is 2.23. The van der Waals surface area contributed by atoms with Crippen LogP contribution in [0, 0.1) is 0 Å². The van der Waals surface area contributed by atoms with Gasteiger partial charge in [0.1, 0.15) is 6.61 Å². The van der Waals surface area contributed by atoms with Gasteiger partial charge >= 0.3 is 5.97 Å². The zero-order valence-electron chi connectivity index (χ0n) is 10.8. The highest BCUT2D eigenvalue weighted by Crippen LogP contribution is 2.36. The first-order valence-electron chi connectivity index (χ1n) is 6.04. The molecule has 0 aromatic heterocycles. The number of carboxylic acid groups (broad SMARTS) is 1. The Morgan fingerprint density at radius 2 is 2.30 bits per heavy atom. The fraction of sp³-hybridized carbons (Fsp3) is 0.385. The summed E-state index contributed by atoms with van der Waals surface area (Å²) in [7, 11) is 1.40. The molecule has 0 radical (unpaired) electrons. The van der Waals surface area contributed by atoms with Crippen molar-refractivity contribution in [2.45, 2.75) is 18.9 Å². The molecule has 0 aliphatic carbocycles. The summed E-state index contributed by atoms with van der Waals surface area (Å²) in [6.45, 7) is 0.258. The van der Waals surface area contributed by atoms with Gasteiger partial charge in [-0.15, -0.1) is 0 Å². The maximum absolute atomic E-state index is 11.1. The second kappa shape index (κ2) is 6.00. The molecule has 1 heterocycles. The Kier molecular flexibility index (Phi) is 4.34. The summed E-state index contributed by atoms with van der Waals surface area (Å²) in [4.78, 5) is 22.0. The molecule has 1 fully saturated rings. The molecule has 0 bridgehead atoms. The molecule has 7 heteroatoms. The first kappa shape index (κ1) is 14.5. The number of halogens is 1. The summed E-state index contributed by atoms with van der Waals surface area (Å²) < 4.78 is 10.7. The number of amides is 1. The number of carbonyl (C=O) groups is 2. The summed E-state index contributed by atoms with van der Waals surface area (Å²) in [5.74, 6) is -0.572. The van der Waals surface area contributed by atoms with E-state index in [0.717, 1.165) is 0 Å². The average Bonchev–Trinajstić information content (AvgIpc) is 2.82. The van der Waals surface area contributed by atoms with Crippen LogP contribution < -0.4 is 14.8 Å². The maximum Gasteiger partial charge on any atom is 0.335 e. The smallest absolute Gasteiger partial charge is 0.335 e. The molecule has 1 atom stereocenters. The van der Waals surface area contributed by atoms with Crippen molar-refractivity contribution in [2.24, 2.45) is 0 Å². The van der Waals surface area contributed by atoms with Gasteiger partial charge in [-0.2, -0.15) is 0 Å². The van der Waals surface area contributed by atoms with Gasteiger partial charge in [-0.25, -0.2) is 4.79 Å². The van der Waals surface area contributed by atoms with Crippen LogP contribution in [0.5, 0.6) is 11.5 Å². The molecule has 1 aliphatic heterocycles. The lowest BCUT2D eigenvalue weighted by Crippen LogP contribution is -2.31. The molecule has 0 spiro atoms. The van der Waals surface area contributed by atoms with E-state index in [2.05, 4.69) is 5.32 Å². The lowest BCUT2D eigenvalue weighted by Gasteiger charge is -2.16. The number of nitrogens with one attached hydrogen (secondary N) is 1. The SMILES string of the molecule is COc1cc(C(=O)O)cc(Cl)c1OCC1CCC(=O)N1. The third-order valence-electron chi connectivity index (χ3n) is 2.99. The zero-order chi connectivity index (χ0) is 14.7. The van der Waals surface area contributed by atoms with Crippen LogP contribution in [-0.4, -0.2) is 36.7 Å². The highest BCUT2D eigenvalue weighted by molar-refractivity contribution is 6.32. The number of ether oxygens (including phenoxy) is 2. The van der Waals surface area contributed by atoms with E-state index >= 15 is 0 Å². The third-order valence-corrected chi connectivity index (χ3v) is 3.27. The van der Waals surface area contributed by atoms with Gasteiger partial charge in [-0.3, -0.25) is 4.79 Å². The second-order valence-electron chi connectivity index (χ2n) is 4.41. The van der Waals surface area contributed by atoms with Crippen LogP contribution in [0.4, 0.5) is 0 Å². The van der Waals surface area contributed by atoms with E-state index in [1.54, 1.807) is 0 Å². The second-order valence-corrected chi connectivity index (χ2v) is 4.82. The number of rotatable bonds is 5. The molecule has 1 amide bonds. The molecule has 1 saturated heterocycles. The summed E-state index contributed by atoms with van der Waals surface area (Å²) in [6.07, 6.45) is 1.18. The lowest BCUT2D eigenvalue weighted by molar-refractivity contribution is -0.119. The number of carboxylic acids is 1. The van der Waals surface area contributed by atoms with Crippen LogP contribution in [0.15, 0.2) is 12.1 Å². The zero-order valence-corrected chi connectivity index (χ0v) is 11.6.